The van der Waals surface area contributed by atoms with Gasteiger partial charge < -0.3 is 14.6 Å². The highest BCUT2D eigenvalue weighted by Gasteiger charge is 2.22. The van der Waals surface area contributed by atoms with Crippen LogP contribution in [0.4, 0.5) is 10.1 Å². The maximum Gasteiger partial charge on any atom is 0.234 e. The van der Waals surface area contributed by atoms with Crippen molar-refractivity contribution in [1.82, 2.24) is 14.8 Å². The largest absolute Gasteiger partial charge is 0.483 e. The second-order valence-corrected chi connectivity index (χ2v) is 8.69. The SMILES string of the molecule is Cc1cc(Cl)ccc1NC(=O)CSc1nnc(C(C)Oc2ccc(F)cc2)n1C(C)C. The lowest BCUT2D eigenvalue weighted by Crippen LogP contribution is -2.17. The Kier molecular flexibility index (Phi) is 7.56. The Morgan fingerprint density at radius 3 is 2.55 bits per heavy atom. The molecule has 0 aliphatic rings. The van der Waals surface area contributed by atoms with Crippen molar-refractivity contribution in [1.29, 1.82) is 0 Å². The Labute approximate surface area is 190 Å². The minimum Gasteiger partial charge on any atom is -0.483 e. The first-order valence-corrected chi connectivity index (χ1v) is 11.2. The number of anilines is 1. The third-order valence-corrected chi connectivity index (χ3v) is 5.67. The molecule has 1 heterocycles. The van der Waals surface area contributed by atoms with Crippen LogP contribution in [0.15, 0.2) is 47.6 Å². The summed E-state index contributed by atoms with van der Waals surface area (Å²) in [4.78, 5) is 12.4. The normalized spacial score (nSPS) is 12.1. The average Bonchev–Trinajstić information content (AvgIpc) is 3.15. The van der Waals surface area contributed by atoms with Crippen molar-refractivity contribution in [2.75, 3.05) is 11.1 Å². The monoisotopic (exact) mass is 462 g/mol. The molecule has 0 fully saturated rings. The summed E-state index contributed by atoms with van der Waals surface area (Å²) in [6, 6.07) is 11.2. The van der Waals surface area contributed by atoms with Crippen molar-refractivity contribution in [3.63, 3.8) is 0 Å². The number of carbonyl (C=O) groups excluding carboxylic acids is 1. The number of rotatable bonds is 8. The molecule has 1 aromatic heterocycles. The number of aryl methyl sites for hydroxylation is 1. The average molecular weight is 463 g/mol. The van der Waals surface area contributed by atoms with Gasteiger partial charge in [0.25, 0.3) is 0 Å². The molecule has 0 spiro atoms. The fraction of sp³-hybridized carbons (Fsp3) is 0.318. The first kappa shape index (κ1) is 23.1. The molecule has 6 nitrogen and oxygen atoms in total. The number of halogens is 2. The fourth-order valence-electron chi connectivity index (χ4n) is 3.00. The van der Waals surface area contributed by atoms with E-state index in [1.165, 1.54) is 23.9 Å². The van der Waals surface area contributed by atoms with Crippen LogP contribution in [0.1, 0.15) is 44.3 Å². The summed E-state index contributed by atoms with van der Waals surface area (Å²) in [5, 5.41) is 12.7. The van der Waals surface area contributed by atoms with Crippen molar-refractivity contribution >= 4 is 35.0 Å². The van der Waals surface area contributed by atoms with Gasteiger partial charge in [-0.25, -0.2) is 4.39 Å². The van der Waals surface area contributed by atoms with Crippen molar-refractivity contribution in [3.05, 3.63) is 64.7 Å². The Morgan fingerprint density at radius 1 is 1.19 bits per heavy atom. The number of amides is 1. The summed E-state index contributed by atoms with van der Waals surface area (Å²) in [5.74, 6) is 0.886. The Morgan fingerprint density at radius 2 is 1.90 bits per heavy atom. The molecule has 1 amide bonds. The highest BCUT2D eigenvalue weighted by atomic mass is 35.5. The smallest absolute Gasteiger partial charge is 0.234 e. The molecule has 0 radical (unpaired) electrons. The van der Waals surface area contributed by atoms with Crippen LogP contribution in [0.2, 0.25) is 5.02 Å². The third-order valence-electron chi connectivity index (χ3n) is 4.49. The predicted molar refractivity (Wildman–Crippen MR) is 121 cm³/mol. The molecule has 2 aromatic carbocycles. The number of aromatic nitrogens is 3. The van der Waals surface area contributed by atoms with E-state index in [-0.39, 0.29) is 23.5 Å². The summed E-state index contributed by atoms with van der Waals surface area (Å²) in [7, 11) is 0. The van der Waals surface area contributed by atoms with Gasteiger partial charge in [0.1, 0.15) is 11.6 Å². The number of thioether (sulfide) groups is 1. The van der Waals surface area contributed by atoms with E-state index in [0.717, 1.165) is 11.3 Å². The van der Waals surface area contributed by atoms with Crippen molar-refractivity contribution in [2.45, 2.75) is 45.0 Å². The van der Waals surface area contributed by atoms with E-state index < -0.39 is 6.10 Å². The van der Waals surface area contributed by atoms with Crippen LogP contribution >= 0.6 is 23.4 Å². The highest BCUT2D eigenvalue weighted by molar-refractivity contribution is 7.99. The molecule has 1 unspecified atom stereocenters. The number of hydrogen-bond acceptors (Lipinski definition) is 5. The van der Waals surface area contributed by atoms with E-state index in [9.17, 15) is 9.18 Å². The van der Waals surface area contributed by atoms with E-state index >= 15 is 0 Å². The van der Waals surface area contributed by atoms with Gasteiger partial charge in [0, 0.05) is 16.8 Å². The van der Waals surface area contributed by atoms with Gasteiger partial charge in [-0.1, -0.05) is 23.4 Å². The number of ether oxygens (including phenoxy) is 1. The second-order valence-electron chi connectivity index (χ2n) is 7.31. The van der Waals surface area contributed by atoms with Gasteiger partial charge in [0.2, 0.25) is 5.91 Å². The van der Waals surface area contributed by atoms with Crippen molar-refractivity contribution < 1.29 is 13.9 Å². The zero-order valence-electron chi connectivity index (χ0n) is 17.7. The zero-order valence-corrected chi connectivity index (χ0v) is 19.3. The van der Waals surface area contributed by atoms with Crippen LogP contribution in [0, 0.1) is 12.7 Å². The molecule has 0 aliphatic carbocycles. The summed E-state index contributed by atoms with van der Waals surface area (Å²) in [6.07, 6.45) is -0.403. The summed E-state index contributed by atoms with van der Waals surface area (Å²) in [5.41, 5.74) is 1.62. The van der Waals surface area contributed by atoms with Crippen LogP contribution < -0.4 is 10.1 Å². The molecule has 1 atom stereocenters. The Hall–Kier alpha value is -2.58. The van der Waals surface area contributed by atoms with Crippen LogP contribution in [-0.2, 0) is 4.79 Å². The maximum atomic E-state index is 13.1. The molecular formula is C22H24ClFN4O2S. The fourth-order valence-corrected chi connectivity index (χ4v) is 4.10. The van der Waals surface area contributed by atoms with Gasteiger partial charge >= 0.3 is 0 Å². The Bertz CT molecular complexity index is 1060. The lowest BCUT2D eigenvalue weighted by atomic mass is 10.2. The molecule has 1 N–H and O–H groups in total. The summed E-state index contributed by atoms with van der Waals surface area (Å²) in [6.45, 7) is 7.77. The van der Waals surface area contributed by atoms with Gasteiger partial charge in [-0.2, -0.15) is 0 Å². The summed E-state index contributed by atoms with van der Waals surface area (Å²) >= 11 is 7.27. The van der Waals surface area contributed by atoms with Crippen molar-refractivity contribution in [3.8, 4) is 5.75 Å². The predicted octanol–water partition coefficient (Wildman–Crippen LogP) is 5.83. The van der Waals surface area contributed by atoms with Crippen LogP contribution in [-0.4, -0.2) is 26.4 Å². The molecular weight excluding hydrogens is 439 g/mol. The first-order chi connectivity index (χ1) is 14.7. The standard InChI is InChI=1S/C22H24ClFN4O2S/c1-13(2)28-21(15(4)30-18-8-6-17(24)7-9-18)26-27-22(28)31-12-20(29)25-19-10-5-16(23)11-14(19)3/h5-11,13,15H,12H2,1-4H3,(H,25,29). The second kappa shape index (κ2) is 10.2. The van der Waals surface area contributed by atoms with Gasteiger partial charge in [-0.05, 0) is 75.7 Å². The minimum absolute atomic E-state index is 0.0633. The molecule has 31 heavy (non-hydrogen) atoms. The van der Waals surface area contributed by atoms with Crippen LogP contribution in [0.5, 0.6) is 5.75 Å². The quantitative estimate of drug-likeness (QED) is 0.426. The maximum absolute atomic E-state index is 13.1. The van der Waals surface area contributed by atoms with Gasteiger partial charge in [0.05, 0.1) is 5.75 Å². The lowest BCUT2D eigenvalue weighted by molar-refractivity contribution is -0.113. The van der Waals surface area contributed by atoms with Gasteiger partial charge in [-0.3, -0.25) is 4.79 Å². The van der Waals surface area contributed by atoms with Gasteiger partial charge in [0.15, 0.2) is 17.1 Å². The first-order valence-electron chi connectivity index (χ1n) is 9.80. The van der Waals surface area contributed by atoms with Gasteiger partial charge in [-0.15, -0.1) is 10.2 Å². The lowest BCUT2D eigenvalue weighted by Gasteiger charge is -2.19. The Balaban J connectivity index is 1.68. The highest BCUT2D eigenvalue weighted by Crippen LogP contribution is 2.28. The minimum atomic E-state index is -0.403. The van der Waals surface area contributed by atoms with Crippen molar-refractivity contribution in [2.24, 2.45) is 0 Å². The molecule has 3 aromatic rings. The molecule has 164 valence electrons. The molecule has 0 bridgehead atoms. The topological polar surface area (TPSA) is 69.0 Å². The van der Waals surface area contributed by atoms with E-state index in [4.69, 9.17) is 16.3 Å². The van der Waals surface area contributed by atoms with E-state index in [0.29, 0.717) is 21.8 Å². The molecule has 9 heteroatoms. The third kappa shape index (κ3) is 5.98. The number of benzene rings is 2. The molecule has 0 aliphatic heterocycles. The number of nitrogens with one attached hydrogen (secondary N) is 1. The van der Waals surface area contributed by atoms with Crippen LogP contribution in [0.25, 0.3) is 0 Å². The number of nitrogens with zero attached hydrogens (tertiary/aromatic N) is 3. The van der Waals surface area contributed by atoms with E-state index in [1.54, 1.807) is 30.3 Å². The summed E-state index contributed by atoms with van der Waals surface area (Å²) < 4.78 is 21.0. The number of carbonyl (C=O) groups is 1. The zero-order chi connectivity index (χ0) is 22.5. The molecule has 3 rings (SSSR count). The molecule has 0 saturated carbocycles. The van der Waals surface area contributed by atoms with E-state index in [1.807, 2.05) is 32.3 Å². The van der Waals surface area contributed by atoms with Crippen LogP contribution in [0.3, 0.4) is 0 Å². The number of hydrogen-bond donors (Lipinski definition) is 1. The molecule has 0 saturated heterocycles. The van der Waals surface area contributed by atoms with E-state index in [2.05, 4.69) is 15.5 Å².